The molecule has 0 bridgehead atoms. The number of ether oxygens (including phenoxy) is 2. The van der Waals surface area contributed by atoms with Gasteiger partial charge in [0.2, 0.25) is 0 Å². The summed E-state index contributed by atoms with van der Waals surface area (Å²) in [7, 11) is 3.15. The van der Waals surface area contributed by atoms with E-state index in [2.05, 4.69) is 25.3 Å². The van der Waals surface area contributed by atoms with Gasteiger partial charge < -0.3 is 14.8 Å². The summed E-state index contributed by atoms with van der Waals surface area (Å²) in [5.41, 5.74) is 4.34. The molecule has 0 unspecified atom stereocenters. The zero-order chi connectivity index (χ0) is 23.2. The Morgan fingerprint density at radius 3 is 2.52 bits per heavy atom. The first-order valence-electron chi connectivity index (χ1n) is 10.3. The second-order valence-corrected chi connectivity index (χ2v) is 7.29. The molecule has 0 fully saturated rings. The molecule has 166 valence electrons. The number of hydrogen-bond donors (Lipinski definition) is 1. The van der Waals surface area contributed by atoms with Crippen LogP contribution < -0.4 is 14.8 Å². The van der Waals surface area contributed by atoms with Gasteiger partial charge in [-0.3, -0.25) is 14.8 Å². The van der Waals surface area contributed by atoms with Crippen LogP contribution in [0.2, 0.25) is 0 Å². The Balaban J connectivity index is 1.66. The number of aromatic nitrogens is 4. The Hall–Kier alpha value is -4.33. The first-order valence-corrected chi connectivity index (χ1v) is 10.3. The summed E-state index contributed by atoms with van der Waals surface area (Å²) >= 11 is 0. The number of nitrogens with one attached hydrogen (secondary N) is 1. The monoisotopic (exact) mass is 441 g/mol. The minimum atomic E-state index is -0.361. The van der Waals surface area contributed by atoms with Crippen LogP contribution in [0.4, 0.5) is 0 Å². The zero-order valence-electron chi connectivity index (χ0n) is 18.6. The van der Waals surface area contributed by atoms with Crippen molar-refractivity contribution in [3.63, 3.8) is 0 Å². The second-order valence-electron chi connectivity index (χ2n) is 7.29. The number of rotatable bonds is 7. The number of benzene rings is 1. The third kappa shape index (κ3) is 4.95. The van der Waals surface area contributed by atoms with Gasteiger partial charge in [0.05, 0.1) is 31.8 Å². The molecule has 4 aromatic rings. The number of methoxy groups -OCH3 is 2. The lowest BCUT2D eigenvalue weighted by Gasteiger charge is -2.12. The highest BCUT2D eigenvalue weighted by Gasteiger charge is 2.19. The van der Waals surface area contributed by atoms with Gasteiger partial charge in [-0.15, -0.1) is 0 Å². The Kier molecular flexibility index (Phi) is 6.54. The lowest BCUT2D eigenvalue weighted by atomic mass is 10.1. The number of aryl methyl sites for hydroxylation is 1. The Labute approximate surface area is 191 Å². The quantitative estimate of drug-likeness (QED) is 0.465. The van der Waals surface area contributed by atoms with E-state index in [9.17, 15) is 4.79 Å². The molecule has 1 amide bonds. The molecule has 0 spiro atoms. The molecule has 0 radical (unpaired) electrons. The average Bonchev–Trinajstić information content (AvgIpc) is 2.87. The van der Waals surface area contributed by atoms with E-state index in [1.54, 1.807) is 57.2 Å². The fourth-order valence-corrected chi connectivity index (χ4v) is 3.33. The van der Waals surface area contributed by atoms with E-state index in [1.807, 2.05) is 31.2 Å². The molecule has 0 atom stereocenters. The third-order valence-corrected chi connectivity index (χ3v) is 4.97. The Bertz CT molecular complexity index is 1280. The average molecular weight is 441 g/mol. The van der Waals surface area contributed by atoms with Crippen molar-refractivity contribution in [3.8, 4) is 34.1 Å². The van der Waals surface area contributed by atoms with Crippen LogP contribution in [0.5, 0.6) is 11.5 Å². The van der Waals surface area contributed by atoms with Crippen LogP contribution in [0.25, 0.3) is 22.6 Å². The first-order chi connectivity index (χ1) is 16.1. The normalized spacial score (nSPS) is 10.5. The molecule has 1 aromatic carbocycles. The van der Waals surface area contributed by atoms with E-state index >= 15 is 0 Å². The molecule has 33 heavy (non-hydrogen) atoms. The highest BCUT2D eigenvalue weighted by atomic mass is 16.5. The van der Waals surface area contributed by atoms with Crippen LogP contribution in [0.1, 0.15) is 21.6 Å². The van der Waals surface area contributed by atoms with Gasteiger partial charge in [-0.2, -0.15) is 0 Å². The molecule has 0 aliphatic heterocycles. The lowest BCUT2D eigenvalue weighted by molar-refractivity contribution is 0.0946. The molecule has 8 nitrogen and oxygen atoms in total. The van der Waals surface area contributed by atoms with Crippen LogP contribution in [0.3, 0.4) is 0 Å². The largest absolute Gasteiger partial charge is 0.493 e. The van der Waals surface area contributed by atoms with Gasteiger partial charge in [0.25, 0.3) is 5.91 Å². The predicted octanol–water partition coefficient (Wildman–Crippen LogP) is 3.86. The summed E-state index contributed by atoms with van der Waals surface area (Å²) in [5.74, 6) is 0.850. The first kappa shape index (κ1) is 21.9. The van der Waals surface area contributed by atoms with Crippen molar-refractivity contribution < 1.29 is 14.3 Å². The van der Waals surface area contributed by atoms with Crippen molar-refractivity contribution in [2.75, 3.05) is 14.2 Å². The fourth-order valence-electron chi connectivity index (χ4n) is 3.33. The van der Waals surface area contributed by atoms with E-state index in [0.29, 0.717) is 28.6 Å². The van der Waals surface area contributed by atoms with Crippen molar-refractivity contribution in [3.05, 3.63) is 84.1 Å². The molecule has 0 aliphatic rings. The molecule has 0 saturated carbocycles. The summed E-state index contributed by atoms with van der Waals surface area (Å²) in [6.45, 7) is 2.22. The van der Waals surface area contributed by atoms with Crippen LogP contribution in [0.15, 0.2) is 67.3 Å². The molecule has 0 aliphatic carbocycles. The van der Waals surface area contributed by atoms with Crippen LogP contribution >= 0.6 is 0 Å². The number of carbonyl (C=O) groups is 1. The fraction of sp³-hybridized carbons (Fsp3) is 0.160. The van der Waals surface area contributed by atoms with Gasteiger partial charge in [-0.1, -0.05) is 12.1 Å². The van der Waals surface area contributed by atoms with E-state index in [1.165, 1.54) is 0 Å². The molecule has 4 rings (SSSR count). The Morgan fingerprint density at radius 1 is 0.939 bits per heavy atom. The number of hydrogen-bond acceptors (Lipinski definition) is 7. The van der Waals surface area contributed by atoms with Crippen LogP contribution in [0, 0.1) is 6.92 Å². The Morgan fingerprint density at radius 2 is 1.79 bits per heavy atom. The van der Waals surface area contributed by atoms with Gasteiger partial charge in [-0.05, 0) is 48.4 Å². The van der Waals surface area contributed by atoms with E-state index in [4.69, 9.17) is 9.47 Å². The van der Waals surface area contributed by atoms with E-state index < -0.39 is 0 Å². The number of carbonyl (C=O) groups excluding carboxylic acids is 1. The van der Waals surface area contributed by atoms with Crippen molar-refractivity contribution >= 4 is 5.91 Å². The molecule has 0 saturated heterocycles. The minimum absolute atomic E-state index is 0.188. The second kappa shape index (κ2) is 9.86. The highest BCUT2D eigenvalue weighted by molar-refractivity contribution is 5.98. The summed E-state index contributed by atoms with van der Waals surface area (Å²) in [6.07, 6.45) is 6.74. The minimum Gasteiger partial charge on any atom is -0.493 e. The van der Waals surface area contributed by atoms with E-state index in [0.717, 1.165) is 16.7 Å². The maximum absolute atomic E-state index is 13.2. The molecular weight excluding hydrogens is 418 g/mol. The topological polar surface area (TPSA) is 99.1 Å². The molecule has 1 N–H and O–H groups in total. The summed E-state index contributed by atoms with van der Waals surface area (Å²) in [6, 6.07) is 12.9. The smallest absolute Gasteiger partial charge is 0.272 e. The van der Waals surface area contributed by atoms with Crippen LogP contribution in [-0.4, -0.2) is 40.1 Å². The lowest BCUT2D eigenvalue weighted by Crippen LogP contribution is -2.25. The molecule has 3 aromatic heterocycles. The van der Waals surface area contributed by atoms with E-state index in [-0.39, 0.29) is 18.1 Å². The third-order valence-electron chi connectivity index (χ3n) is 4.97. The van der Waals surface area contributed by atoms with Crippen molar-refractivity contribution in [1.29, 1.82) is 0 Å². The maximum atomic E-state index is 13.2. The number of pyridine rings is 2. The molecule has 8 heteroatoms. The summed E-state index contributed by atoms with van der Waals surface area (Å²) in [5, 5.41) is 2.92. The summed E-state index contributed by atoms with van der Waals surface area (Å²) < 4.78 is 10.6. The standard InChI is InChI=1S/C25H23N5O3/c1-16-10-18(14-26-12-16)20-15-28-23(19-6-4-5-9-27-19)24(30-20)25(31)29-13-17-7-8-21(32-2)22(11-17)33-3/h4-12,14-15H,13H2,1-3H3,(H,29,31). The maximum Gasteiger partial charge on any atom is 0.272 e. The number of amides is 1. The zero-order valence-corrected chi connectivity index (χ0v) is 18.6. The van der Waals surface area contributed by atoms with Crippen LogP contribution in [-0.2, 0) is 6.54 Å². The highest BCUT2D eigenvalue weighted by Crippen LogP contribution is 2.28. The molecular formula is C25H23N5O3. The molecule has 3 heterocycles. The van der Waals surface area contributed by atoms with Crippen molar-refractivity contribution in [2.45, 2.75) is 13.5 Å². The van der Waals surface area contributed by atoms with Gasteiger partial charge in [-0.25, -0.2) is 9.97 Å². The van der Waals surface area contributed by atoms with Gasteiger partial charge in [0.15, 0.2) is 17.2 Å². The van der Waals surface area contributed by atoms with Gasteiger partial charge in [0.1, 0.15) is 5.69 Å². The van der Waals surface area contributed by atoms with Gasteiger partial charge in [0, 0.05) is 30.7 Å². The summed E-state index contributed by atoms with van der Waals surface area (Å²) in [4.78, 5) is 31.0. The SMILES string of the molecule is COc1ccc(CNC(=O)c2nc(-c3cncc(C)c3)cnc2-c2ccccn2)cc1OC. The number of nitrogens with zero attached hydrogens (tertiary/aromatic N) is 4. The van der Waals surface area contributed by atoms with Crippen molar-refractivity contribution in [2.24, 2.45) is 0 Å². The predicted molar refractivity (Wildman–Crippen MR) is 124 cm³/mol. The van der Waals surface area contributed by atoms with Crippen molar-refractivity contribution in [1.82, 2.24) is 25.3 Å². The van der Waals surface area contributed by atoms with Gasteiger partial charge >= 0.3 is 0 Å².